The first-order chi connectivity index (χ1) is 9.69. The number of aryl methyl sites for hydroxylation is 1. The lowest BCUT2D eigenvalue weighted by atomic mass is 10.1. The van der Waals surface area contributed by atoms with Gasteiger partial charge in [-0.1, -0.05) is 29.8 Å². The van der Waals surface area contributed by atoms with Gasteiger partial charge in [0.15, 0.2) is 0 Å². The quantitative estimate of drug-likeness (QED) is 0.856. The molecule has 0 spiro atoms. The van der Waals surface area contributed by atoms with Gasteiger partial charge < -0.3 is 11.1 Å². The number of benzene rings is 1. The molecule has 0 bridgehead atoms. The van der Waals surface area contributed by atoms with Crippen molar-refractivity contribution in [3.8, 4) is 0 Å². The normalized spacial score (nSPS) is 10.0. The van der Waals surface area contributed by atoms with Crippen molar-refractivity contribution in [3.05, 3.63) is 51.5 Å². The van der Waals surface area contributed by atoms with Gasteiger partial charge in [0, 0.05) is 18.3 Å². The summed E-state index contributed by atoms with van der Waals surface area (Å²) in [5.41, 5.74) is 8.42. The van der Waals surface area contributed by atoms with Crippen LogP contribution in [0.1, 0.15) is 26.6 Å². The summed E-state index contributed by atoms with van der Waals surface area (Å²) in [5.74, 6) is -0.114. The number of halogens is 1. The molecule has 4 nitrogen and oxygen atoms in total. The van der Waals surface area contributed by atoms with Crippen molar-refractivity contribution >= 4 is 29.7 Å². The molecule has 1 aromatic heterocycles. The minimum absolute atomic E-state index is 0. The highest BCUT2D eigenvalue weighted by molar-refractivity contribution is 7.09. The van der Waals surface area contributed by atoms with Crippen molar-refractivity contribution < 1.29 is 4.79 Å². The number of nitrogens with zero attached hydrogens (tertiary/aromatic N) is 1. The van der Waals surface area contributed by atoms with Gasteiger partial charge in [-0.15, -0.1) is 23.7 Å². The standard InChI is InChI=1S/C15H19N3OS.ClH/c1-11-3-2-4-12(9-11)6-8-17-15(19)13-10-20-14(18-13)5-7-16;/h2-4,9-10H,5-8,16H2,1H3,(H,17,19);1H. The molecule has 1 amide bonds. The first kappa shape index (κ1) is 17.6. The summed E-state index contributed by atoms with van der Waals surface area (Å²) in [7, 11) is 0. The van der Waals surface area contributed by atoms with Crippen molar-refractivity contribution in [1.82, 2.24) is 10.3 Å². The first-order valence-electron chi connectivity index (χ1n) is 6.67. The Kier molecular flexibility index (Phi) is 7.36. The Balaban J connectivity index is 0.00000220. The molecule has 0 aliphatic heterocycles. The Morgan fingerprint density at radius 2 is 2.19 bits per heavy atom. The molecular formula is C15H20ClN3OS. The van der Waals surface area contributed by atoms with Crippen LogP contribution in [0.15, 0.2) is 29.6 Å². The predicted octanol–water partition coefficient (Wildman–Crippen LogP) is 2.35. The number of hydrogen-bond acceptors (Lipinski definition) is 4. The smallest absolute Gasteiger partial charge is 0.270 e. The second-order valence-electron chi connectivity index (χ2n) is 4.66. The average Bonchev–Trinajstić information content (AvgIpc) is 2.88. The Hall–Kier alpha value is -1.43. The van der Waals surface area contributed by atoms with Crippen LogP contribution in [-0.2, 0) is 12.8 Å². The molecule has 0 radical (unpaired) electrons. The number of rotatable bonds is 6. The van der Waals surface area contributed by atoms with Gasteiger partial charge >= 0.3 is 0 Å². The van der Waals surface area contributed by atoms with Crippen LogP contribution in [0.4, 0.5) is 0 Å². The van der Waals surface area contributed by atoms with E-state index >= 15 is 0 Å². The number of nitrogens with one attached hydrogen (secondary N) is 1. The summed E-state index contributed by atoms with van der Waals surface area (Å²) in [6.07, 6.45) is 1.55. The molecule has 114 valence electrons. The molecule has 21 heavy (non-hydrogen) atoms. The number of nitrogens with two attached hydrogens (primary N) is 1. The van der Waals surface area contributed by atoms with E-state index in [9.17, 15) is 4.79 Å². The third kappa shape index (κ3) is 5.46. The summed E-state index contributed by atoms with van der Waals surface area (Å²) in [5, 5.41) is 5.59. The maximum atomic E-state index is 11.9. The summed E-state index contributed by atoms with van der Waals surface area (Å²) in [6.45, 7) is 3.24. The van der Waals surface area contributed by atoms with Gasteiger partial charge in [0.25, 0.3) is 5.91 Å². The van der Waals surface area contributed by atoms with Gasteiger partial charge in [0.2, 0.25) is 0 Å². The molecule has 0 saturated heterocycles. The zero-order valence-electron chi connectivity index (χ0n) is 12.0. The highest BCUT2D eigenvalue weighted by atomic mass is 35.5. The Morgan fingerprint density at radius 3 is 2.90 bits per heavy atom. The minimum Gasteiger partial charge on any atom is -0.350 e. The van der Waals surface area contributed by atoms with Gasteiger partial charge in [-0.3, -0.25) is 4.79 Å². The third-order valence-electron chi connectivity index (χ3n) is 2.92. The van der Waals surface area contributed by atoms with E-state index in [0.29, 0.717) is 18.8 Å². The largest absolute Gasteiger partial charge is 0.350 e. The van der Waals surface area contributed by atoms with Crippen LogP contribution in [0, 0.1) is 6.92 Å². The lowest BCUT2D eigenvalue weighted by molar-refractivity contribution is 0.0949. The van der Waals surface area contributed by atoms with Gasteiger partial charge in [0.05, 0.1) is 5.01 Å². The predicted molar refractivity (Wildman–Crippen MR) is 89.3 cm³/mol. The van der Waals surface area contributed by atoms with Gasteiger partial charge in [0.1, 0.15) is 5.69 Å². The highest BCUT2D eigenvalue weighted by Gasteiger charge is 2.09. The SMILES string of the molecule is Cc1cccc(CCNC(=O)c2csc(CCN)n2)c1.Cl. The van der Waals surface area contributed by atoms with Crippen LogP contribution in [0.3, 0.4) is 0 Å². The summed E-state index contributed by atoms with van der Waals surface area (Å²) in [4.78, 5) is 16.2. The first-order valence-corrected chi connectivity index (χ1v) is 7.55. The van der Waals surface area contributed by atoms with Crippen LogP contribution in [0.25, 0.3) is 0 Å². The molecule has 3 N–H and O–H groups in total. The fraction of sp³-hybridized carbons (Fsp3) is 0.333. The van der Waals surface area contributed by atoms with E-state index < -0.39 is 0 Å². The molecule has 2 aromatic rings. The second-order valence-corrected chi connectivity index (χ2v) is 5.60. The van der Waals surface area contributed by atoms with Crippen molar-refractivity contribution in [3.63, 3.8) is 0 Å². The van der Waals surface area contributed by atoms with E-state index in [-0.39, 0.29) is 18.3 Å². The van der Waals surface area contributed by atoms with E-state index in [1.807, 2.05) is 6.07 Å². The maximum absolute atomic E-state index is 11.9. The van der Waals surface area contributed by atoms with Crippen LogP contribution < -0.4 is 11.1 Å². The van der Waals surface area contributed by atoms with E-state index in [1.54, 1.807) is 5.38 Å². The molecule has 0 atom stereocenters. The van der Waals surface area contributed by atoms with E-state index in [1.165, 1.54) is 22.5 Å². The van der Waals surface area contributed by atoms with Crippen LogP contribution in [0.2, 0.25) is 0 Å². The Bertz CT molecular complexity index is 586. The van der Waals surface area contributed by atoms with Crippen LogP contribution in [0.5, 0.6) is 0 Å². The molecule has 1 heterocycles. The second kappa shape index (κ2) is 8.77. The van der Waals surface area contributed by atoms with Crippen molar-refractivity contribution in [2.24, 2.45) is 5.73 Å². The lowest BCUT2D eigenvalue weighted by Crippen LogP contribution is -2.26. The molecule has 0 aliphatic rings. The number of thiazole rings is 1. The van der Waals surface area contributed by atoms with Crippen molar-refractivity contribution in [2.45, 2.75) is 19.8 Å². The van der Waals surface area contributed by atoms with Gasteiger partial charge in [-0.2, -0.15) is 0 Å². The van der Waals surface area contributed by atoms with Crippen LogP contribution in [-0.4, -0.2) is 24.0 Å². The molecule has 1 aromatic carbocycles. The number of carbonyl (C=O) groups is 1. The number of amides is 1. The van der Waals surface area contributed by atoms with Crippen molar-refractivity contribution in [1.29, 1.82) is 0 Å². The topological polar surface area (TPSA) is 68.0 Å². The molecule has 0 unspecified atom stereocenters. The number of carbonyl (C=O) groups excluding carboxylic acids is 1. The summed E-state index contributed by atoms with van der Waals surface area (Å²) >= 11 is 1.48. The summed E-state index contributed by atoms with van der Waals surface area (Å²) < 4.78 is 0. The third-order valence-corrected chi connectivity index (χ3v) is 3.83. The van der Waals surface area contributed by atoms with Crippen molar-refractivity contribution in [2.75, 3.05) is 13.1 Å². The maximum Gasteiger partial charge on any atom is 0.270 e. The van der Waals surface area contributed by atoms with Gasteiger partial charge in [-0.05, 0) is 25.5 Å². The molecule has 0 fully saturated rings. The molecule has 6 heteroatoms. The fourth-order valence-corrected chi connectivity index (χ4v) is 2.73. The molecular weight excluding hydrogens is 306 g/mol. The fourth-order valence-electron chi connectivity index (χ4n) is 1.93. The summed E-state index contributed by atoms with van der Waals surface area (Å²) in [6, 6.07) is 8.30. The molecule has 0 saturated carbocycles. The molecule has 2 rings (SSSR count). The highest BCUT2D eigenvalue weighted by Crippen LogP contribution is 2.10. The Morgan fingerprint density at radius 1 is 1.38 bits per heavy atom. The monoisotopic (exact) mass is 325 g/mol. The van der Waals surface area contributed by atoms with E-state index in [2.05, 4.69) is 35.4 Å². The zero-order valence-corrected chi connectivity index (χ0v) is 13.6. The van der Waals surface area contributed by atoms with Gasteiger partial charge in [-0.25, -0.2) is 4.98 Å². The zero-order chi connectivity index (χ0) is 14.4. The lowest BCUT2D eigenvalue weighted by Gasteiger charge is -2.04. The van der Waals surface area contributed by atoms with E-state index in [0.717, 1.165) is 17.8 Å². The minimum atomic E-state index is -0.114. The molecule has 0 aliphatic carbocycles. The van der Waals surface area contributed by atoms with E-state index in [4.69, 9.17) is 5.73 Å². The number of hydrogen-bond donors (Lipinski definition) is 2. The average molecular weight is 326 g/mol. The number of aromatic nitrogens is 1. The van der Waals surface area contributed by atoms with Crippen LogP contribution >= 0.6 is 23.7 Å². The Labute approximate surface area is 135 Å².